The number of methoxy groups -OCH3 is 3. The van der Waals surface area contributed by atoms with Crippen LogP contribution < -0.4 is 14.2 Å². The summed E-state index contributed by atoms with van der Waals surface area (Å²) in [4.78, 5) is 23.4. The number of thiocarbonyl (C=S) groups is 1. The van der Waals surface area contributed by atoms with E-state index < -0.39 is 10.8 Å². The summed E-state index contributed by atoms with van der Waals surface area (Å²) < 4.78 is 16.1. The van der Waals surface area contributed by atoms with Crippen LogP contribution in [0.5, 0.6) is 23.0 Å². The van der Waals surface area contributed by atoms with Crippen molar-refractivity contribution in [1.29, 1.82) is 0 Å². The highest BCUT2D eigenvalue weighted by Crippen LogP contribution is 2.40. The first kappa shape index (κ1) is 23.0. The normalized spacial score (nSPS) is 15.0. The maximum absolute atomic E-state index is 12.8. The standard InChI is InChI=1S/C20H17N3O7S2/c1-28-15-6-11(7-16(29-2)18(15)30-3)8-17-19(25)22(20(31)32-17)21-10-12-9-13(23(26)27)4-5-14(12)24/h4-10,24H,1-3H3/b17-8-,21-10-. The molecule has 0 aliphatic carbocycles. The van der Waals surface area contributed by atoms with Crippen LogP contribution in [0.2, 0.25) is 0 Å². The first-order valence-corrected chi connectivity index (χ1v) is 10.1. The number of nitro groups is 1. The van der Waals surface area contributed by atoms with Crippen LogP contribution in [0.25, 0.3) is 6.08 Å². The molecular formula is C20H17N3O7S2. The monoisotopic (exact) mass is 475 g/mol. The first-order valence-electron chi connectivity index (χ1n) is 8.88. The summed E-state index contributed by atoms with van der Waals surface area (Å²) in [6.45, 7) is 0. The molecule has 3 rings (SSSR count). The van der Waals surface area contributed by atoms with Crippen molar-refractivity contribution in [2.75, 3.05) is 21.3 Å². The molecule has 0 atom stereocenters. The molecule has 1 amide bonds. The third-order valence-corrected chi connectivity index (χ3v) is 5.58. The van der Waals surface area contributed by atoms with E-state index in [0.29, 0.717) is 27.7 Å². The number of phenolic OH excluding ortho intramolecular Hbond substituents is 1. The number of carbonyl (C=O) groups excluding carboxylic acids is 1. The van der Waals surface area contributed by atoms with Crippen molar-refractivity contribution in [3.63, 3.8) is 0 Å². The predicted octanol–water partition coefficient (Wildman–Crippen LogP) is 3.56. The molecule has 1 heterocycles. The van der Waals surface area contributed by atoms with Crippen molar-refractivity contribution in [3.05, 3.63) is 56.5 Å². The van der Waals surface area contributed by atoms with Crippen LogP contribution in [0, 0.1) is 10.1 Å². The molecular weight excluding hydrogens is 458 g/mol. The van der Waals surface area contributed by atoms with Gasteiger partial charge in [0.05, 0.1) is 37.4 Å². The minimum absolute atomic E-state index is 0.0712. The summed E-state index contributed by atoms with van der Waals surface area (Å²) in [5, 5.41) is 25.8. The first-order chi connectivity index (χ1) is 15.3. The Labute approximate surface area is 192 Å². The summed E-state index contributed by atoms with van der Waals surface area (Å²) >= 11 is 6.27. The topological polar surface area (TPSA) is 124 Å². The molecule has 1 saturated heterocycles. The SMILES string of the molecule is COc1cc(/C=C2\SC(=S)N(/N=C\c3cc([N+](=O)[O-])ccc3O)C2=O)cc(OC)c1OC. The van der Waals surface area contributed by atoms with Crippen molar-refractivity contribution < 1.29 is 29.0 Å². The molecule has 32 heavy (non-hydrogen) atoms. The lowest BCUT2D eigenvalue weighted by atomic mass is 10.1. The van der Waals surface area contributed by atoms with Gasteiger partial charge in [0.15, 0.2) is 15.8 Å². The molecule has 1 fully saturated rings. The summed E-state index contributed by atoms with van der Waals surface area (Å²) in [5.74, 6) is 0.550. The van der Waals surface area contributed by atoms with Gasteiger partial charge in [-0.3, -0.25) is 14.9 Å². The third-order valence-electron chi connectivity index (χ3n) is 4.29. The van der Waals surface area contributed by atoms with Crippen LogP contribution in [0.1, 0.15) is 11.1 Å². The number of ether oxygens (including phenoxy) is 3. The van der Waals surface area contributed by atoms with E-state index in [-0.39, 0.29) is 21.3 Å². The van der Waals surface area contributed by atoms with Gasteiger partial charge >= 0.3 is 0 Å². The number of carbonyl (C=O) groups is 1. The Hall–Kier alpha value is -3.64. The van der Waals surface area contributed by atoms with Gasteiger partial charge in [0.2, 0.25) is 5.75 Å². The molecule has 0 saturated carbocycles. The Morgan fingerprint density at radius 3 is 2.38 bits per heavy atom. The van der Waals surface area contributed by atoms with Gasteiger partial charge in [-0.15, -0.1) is 0 Å². The second-order valence-corrected chi connectivity index (χ2v) is 7.87. The zero-order valence-corrected chi connectivity index (χ0v) is 18.7. The van der Waals surface area contributed by atoms with Crippen LogP contribution in [0.3, 0.4) is 0 Å². The van der Waals surface area contributed by atoms with E-state index in [1.165, 1.54) is 27.4 Å². The van der Waals surface area contributed by atoms with Gasteiger partial charge in [-0.1, -0.05) is 11.8 Å². The minimum Gasteiger partial charge on any atom is -0.507 e. The van der Waals surface area contributed by atoms with Crippen LogP contribution in [0.4, 0.5) is 5.69 Å². The molecule has 1 aliphatic rings. The Balaban J connectivity index is 1.90. The number of non-ortho nitro benzene ring substituents is 1. The Morgan fingerprint density at radius 1 is 1.16 bits per heavy atom. The summed E-state index contributed by atoms with van der Waals surface area (Å²) in [6, 6.07) is 6.83. The number of hydrogen-bond acceptors (Lipinski definition) is 10. The van der Waals surface area contributed by atoms with E-state index in [1.807, 2.05) is 0 Å². The minimum atomic E-state index is -0.601. The number of amides is 1. The second kappa shape index (κ2) is 9.66. The van der Waals surface area contributed by atoms with Gasteiger partial charge in [-0.05, 0) is 42.1 Å². The number of nitro benzene ring substituents is 1. The lowest BCUT2D eigenvalue weighted by molar-refractivity contribution is -0.384. The lowest BCUT2D eigenvalue weighted by Crippen LogP contribution is -2.22. The summed E-state index contributed by atoms with van der Waals surface area (Å²) in [5.41, 5.74) is 0.458. The largest absolute Gasteiger partial charge is 0.507 e. The highest BCUT2D eigenvalue weighted by atomic mass is 32.2. The molecule has 1 aliphatic heterocycles. The van der Waals surface area contributed by atoms with E-state index in [9.17, 15) is 20.0 Å². The van der Waals surface area contributed by atoms with Gasteiger partial charge in [0.1, 0.15) is 5.75 Å². The fraction of sp³-hybridized carbons (Fsp3) is 0.150. The van der Waals surface area contributed by atoms with Crippen LogP contribution >= 0.6 is 24.0 Å². The highest BCUT2D eigenvalue weighted by molar-refractivity contribution is 8.26. The molecule has 2 aromatic rings. The highest BCUT2D eigenvalue weighted by Gasteiger charge is 2.32. The number of hydrogen-bond donors (Lipinski definition) is 1. The van der Waals surface area contributed by atoms with E-state index in [4.69, 9.17) is 26.4 Å². The Bertz CT molecular complexity index is 1140. The van der Waals surface area contributed by atoms with E-state index in [0.717, 1.165) is 35.1 Å². The smallest absolute Gasteiger partial charge is 0.286 e. The molecule has 0 spiro atoms. The van der Waals surface area contributed by atoms with E-state index in [1.54, 1.807) is 18.2 Å². The molecule has 1 N–H and O–H groups in total. The van der Waals surface area contributed by atoms with Crippen LogP contribution in [0.15, 0.2) is 40.3 Å². The van der Waals surface area contributed by atoms with Crippen molar-refractivity contribution in [2.45, 2.75) is 0 Å². The zero-order chi connectivity index (χ0) is 23.4. The molecule has 0 aromatic heterocycles. The molecule has 12 heteroatoms. The maximum atomic E-state index is 12.8. The fourth-order valence-corrected chi connectivity index (χ4v) is 3.95. The van der Waals surface area contributed by atoms with Crippen molar-refractivity contribution in [2.24, 2.45) is 5.10 Å². The summed E-state index contributed by atoms with van der Waals surface area (Å²) in [7, 11) is 4.46. The summed E-state index contributed by atoms with van der Waals surface area (Å²) in [6.07, 6.45) is 2.74. The molecule has 10 nitrogen and oxygen atoms in total. The number of phenols is 1. The average molecular weight is 476 g/mol. The zero-order valence-electron chi connectivity index (χ0n) is 17.1. The van der Waals surface area contributed by atoms with Gasteiger partial charge in [-0.25, -0.2) is 0 Å². The van der Waals surface area contributed by atoms with Crippen LogP contribution in [-0.2, 0) is 4.79 Å². The molecule has 2 aromatic carbocycles. The van der Waals surface area contributed by atoms with E-state index >= 15 is 0 Å². The number of hydrazone groups is 1. The molecule has 0 unspecified atom stereocenters. The number of thioether (sulfide) groups is 1. The molecule has 0 bridgehead atoms. The number of nitrogens with zero attached hydrogens (tertiary/aromatic N) is 3. The van der Waals surface area contributed by atoms with E-state index in [2.05, 4.69) is 5.10 Å². The third kappa shape index (κ3) is 4.65. The van der Waals surface area contributed by atoms with Gasteiger partial charge < -0.3 is 19.3 Å². The number of benzene rings is 2. The lowest BCUT2D eigenvalue weighted by Gasteiger charge is -2.13. The van der Waals surface area contributed by atoms with Gasteiger partial charge in [0.25, 0.3) is 11.6 Å². The van der Waals surface area contributed by atoms with Crippen molar-refractivity contribution in [1.82, 2.24) is 5.01 Å². The second-order valence-electron chi connectivity index (χ2n) is 6.20. The predicted molar refractivity (Wildman–Crippen MR) is 123 cm³/mol. The van der Waals surface area contributed by atoms with Crippen molar-refractivity contribution >= 4 is 52.2 Å². The molecule has 0 radical (unpaired) electrons. The number of aromatic hydroxyl groups is 1. The van der Waals surface area contributed by atoms with Gasteiger partial charge in [0, 0.05) is 17.7 Å². The van der Waals surface area contributed by atoms with Crippen molar-refractivity contribution in [3.8, 4) is 23.0 Å². The number of rotatable bonds is 7. The molecule has 166 valence electrons. The average Bonchev–Trinajstić information content (AvgIpc) is 3.04. The Morgan fingerprint density at radius 2 is 1.81 bits per heavy atom. The fourth-order valence-electron chi connectivity index (χ4n) is 2.77. The quantitative estimate of drug-likeness (QED) is 0.210. The van der Waals surface area contributed by atoms with Crippen LogP contribution in [-0.4, -0.2) is 52.8 Å². The Kier molecular flexibility index (Phi) is 6.95. The maximum Gasteiger partial charge on any atom is 0.286 e. The van der Waals surface area contributed by atoms with Gasteiger partial charge in [-0.2, -0.15) is 10.1 Å².